The van der Waals surface area contributed by atoms with Gasteiger partial charge in [0, 0.05) is 60.1 Å². The molecule has 7 nitrogen and oxygen atoms in total. The van der Waals surface area contributed by atoms with Crippen LogP contribution in [0.5, 0.6) is 0 Å². The molecule has 5 atom stereocenters. The quantitative estimate of drug-likeness (QED) is 0.138. The molecule has 2 fully saturated rings. The monoisotopic (exact) mass is 706 g/mol. The highest BCUT2D eigenvalue weighted by Crippen LogP contribution is 2.32. The van der Waals surface area contributed by atoms with E-state index in [9.17, 15) is 18.0 Å². The highest BCUT2D eigenvalue weighted by atomic mass is 127. The Morgan fingerprint density at radius 2 is 2.02 bits per heavy atom. The van der Waals surface area contributed by atoms with Crippen molar-refractivity contribution < 1.29 is 18.0 Å². The Bertz CT molecular complexity index is 1210. The summed E-state index contributed by atoms with van der Waals surface area (Å²) in [6, 6.07) is 0.486. The lowest BCUT2D eigenvalue weighted by Crippen LogP contribution is -2.47. The minimum Gasteiger partial charge on any atom is -0.361 e. The summed E-state index contributed by atoms with van der Waals surface area (Å²) in [7, 11) is 1.41. The number of halogens is 4. The molecule has 0 spiro atoms. The third-order valence-electron chi connectivity index (χ3n) is 6.96. The van der Waals surface area contributed by atoms with E-state index in [1.807, 2.05) is 30.9 Å². The number of amidine groups is 1. The van der Waals surface area contributed by atoms with E-state index in [0.29, 0.717) is 30.4 Å². The van der Waals surface area contributed by atoms with Crippen molar-refractivity contribution in [2.24, 2.45) is 10.9 Å². The number of urea groups is 1. The fraction of sp³-hybridized carbons (Fsp3) is 0.552. The SMILES string of the molecule is C/C=C(/F)C(=NC1CC(C)CC(NC(=O)N2CCC(F)C2)C1)NC(C)c1cn(SI)c2ncc(F)cc12.C=C.CC. The average Bonchev–Trinajstić information content (AvgIpc) is 3.57. The van der Waals surface area contributed by atoms with E-state index < -0.39 is 17.8 Å². The van der Waals surface area contributed by atoms with Crippen LogP contribution >= 0.6 is 30.3 Å². The molecule has 228 valence electrons. The van der Waals surface area contributed by atoms with Gasteiger partial charge in [0.1, 0.15) is 12.0 Å². The average molecular weight is 707 g/mol. The Hall–Kier alpha value is -2.22. The fourth-order valence-corrected chi connectivity index (χ4v) is 6.47. The third kappa shape index (κ3) is 9.39. The Morgan fingerprint density at radius 1 is 1.32 bits per heavy atom. The number of amides is 2. The lowest BCUT2D eigenvalue weighted by molar-refractivity contribution is 0.190. The van der Waals surface area contributed by atoms with E-state index in [4.69, 9.17) is 4.99 Å². The molecule has 1 saturated heterocycles. The molecular weight excluding hydrogens is 664 g/mol. The van der Waals surface area contributed by atoms with Gasteiger partial charge in [-0.05, 0) is 57.6 Å². The van der Waals surface area contributed by atoms with Crippen LogP contribution in [0.3, 0.4) is 0 Å². The Balaban J connectivity index is 0.00000141. The van der Waals surface area contributed by atoms with Crippen LogP contribution in [0.15, 0.2) is 48.5 Å². The number of allylic oxidation sites excluding steroid dienone is 1. The molecule has 0 radical (unpaired) electrons. The molecule has 2 amide bonds. The first kappa shape index (κ1) is 35.0. The molecule has 0 bridgehead atoms. The first-order valence-corrected chi connectivity index (χ1v) is 17.3. The summed E-state index contributed by atoms with van der Waals surface area (Å²) < 4.78 is 44.4. The normalized spacial score (nSPS) is 23.7. The zero-order chi connectivity index (χ0) is 30.7. The van der Waals surface area contributed by atoms with Crippen molar-refractivity contribution in [2.45, 2.75) is 84.6 Å². The van der Waals surface area contributed by atoms with Crippen molar-refractivity contribution in [1.29, 1.82) is 0 Å². The van der Waals surface area contributed by atoms with E-state index in [-0.39, 0.29) is 42.5 Å². The number of likely N-dealkylation sites (tertiary alicyclic amines) is 1. The van der Waals surface area contributed by atoms with Gasteiger partial charge in [0.25, 0.3) is 0 Å². The number of aliphatic imine (C=N–C) groups is 1. The van der Waals surface area contributed by atoms with Crippen molar-refractivity contribution in [2.75, 3.05) is 13.1 Å². The number of carbonyl (C=O) groups is 1. The molecule has 1 aliphatic heterocycles. The minimum absolute atomic E-state index is 0.122. The van der Waals surface area contributed by atoms with Gasteiger partial charge >= 0.3 is 6.03 Å². The number of carbonyl (C=O) groups excluding carboxylic acids is 1. The predicted octanol–water partition coefficient (Wildman–Crippen LogP) is 8.08. The lowest BCUT2D eigenvalue weighted by Gasteiger charge is -2.33. The van der Waals surface area contributed by atoms with E-state index >= 15 is 0 Å². The van der Waals surface area contributed by atoms with Gasteiger partial charge in [0.15, 0.2) is 17.3 Å². The molecule has 2 aromatic heterocycles. The zero-order valence-electron chi connectivity index (χ0n) is 24.5. The molecule has 2 N–H and O–H groups in total. The third-order valence-corrected chi connectivity index (χ3v) is 8.66. The van der Waals surface area contributed by atoms with Gasteiger partial charge in [0.2, 0.25) is 0 Å². The number of nitrogens with zero attached hydrogens (tertiary/aromatic N) is 4. The van der Waals surface area contributed by atoms with Gasteiger partial charge in [-0.1, -0.05) is 20.8 Å². The molecule has 3 heterocycles. The molecule has 2 aliphatic rings. The van der Waals surface area contributed by atoms with Crippen LogP contribution in [0.2, 0.25) is 0 Å². The van der Waals surface area contributed by atoms with Gasteiger partial charge < -0.3 is 15.5 Å². The summed E-state index contributed by atoms with van der Waals surface area (Å²) >= 11 is 2.13. The number of rotatable bonds is 6. The van der Waals surface area contributed by atoms with Gasteiger partial charge in [-0.2, -0.15) is 0 Å². The molecule has 1 saturated carbocycles. The topological polar surface area (TPSA) is 74.6 Å². The van der Waals surface area contributed by atoms with Crippen LogP contribution in [-0.4, -0.2) is 57.1 Å². The second kappa shape index (κ2) is 17.0. The zero-order valence-corrected chi connectivity index (χ0v) is 27.4. The highest BCUT2D eigenvalue weighted by Gasteiger charge is 2.32. The van der Waals surface area contributed by atoms with Gasteiger partial charge in [0.05, 0.1) is 24.8 Å². The summed E-state index contributed by atoms with van der Waals surface area (Å²) in [5.41, 5.74) is 1.41. The van der Waals surface area contributed by atoms with E-state index in [1.54, 1.807) is 6.92 Å². The van der Waals surface area contributed by atoms with Crippen molar-refractivity contribution in [3.8, 4) is 0 Å². The molecule has 0 aromatic carbocycles. The second-order valence-corrected chi connectivity index (χ2v) is 11.6. The standard InChI is InChI=1S/C25H32F3IN6OS.C2H6.C2H4/c1-4-22(28)23(31-15(3)21-13-35(37-29)24-20(21)9-17(27)11-30-24)32-18-7-14(2)8-19(10-18)33-25(36)34-6-5-16(26)12-34;2*1-2/h4,9,11,13-16,18-19H,5-8,10,12H2,1-3H3,(H,31,32)(H,33,36);1-2H3;1-2H2/b22-4+;;. The van der Waals surface area contributed by atoms with Gasteiger partial charge in [-0.15, -0.1) is 13.2 Å². The van der Waals surface area contributed by atoms with Crippen molar-refractivity contribution in [3.05, 3.63) is 54.9 Å². The minimum atomic E-state index is -0.968. The number of hydrogen-bond acceptors (Lipinski definition) is 4. The van der Waals surface area contributed by atoms with Crippen LogP contribution in [-0.2, 0) is 0 Å². The summed E-state index contributed by atoms with van der Waals surface area (Å²) in [6.45, 7) is 16.1. The first-order valence-electron chi connectivity index (χ1n) is 14.0. The molecule has 4 rings (SSSR count). The molecule has 41 heavy (non-hydrogen) atoms. The number of hydrogen-bond donors (Lipinski definition) is 2. The Morgan fingerprint density at radius 3 is 2.63 bits per heavy atom. The van der Waals surface area contributed by atoms with Crippen molar-refractivity contribution >= 4 is 53.2 Å². The number of nitrogens with one attached hydrogen (secondary N) is 2. The summed E-state index contributed by atoms with van der Waals surface area (Å²) in [4.78, 5) is 23.1. The maximum atomic E-state index is 15.0. The van der Waals surface area contributed by atoms with E-state index in [1.165, 1.54) is 32.4 Å². The van der Waals surface area contributed by atoms with E-state index in [2.05, 4.69) is 56.9 Å². The predicted molar refractivity (Wildman–Crippen MR) is 173 cm³/mol. The maximum Gasteiger partial charge on any atom is 0.317 e. The number of fused-ring (bicyclic) bond motifs is 1. The first-order chi connectivity index (χ1) is 19.7. The largest absolute Gasteiger partial charge is 0.361 e. The number of alkyl halides is 1. The molecule has 5 unspecified atom stereocenters. The number of aromatic nitrogens is 2. The summed E-state index contributed by atoms with van der Waals surface area (Å²) in [5, 5.41) is 6.88. The summed E-state index contributed by atoms with van der Waals surface area (Å²) in [6.07, 6.45) is 5.93. The molecule has 1 aliphatic carbocycles. The van der Waals surface area contributed by atoms with Crippen LogP contribution in [0.4, 0.5) is 18.0 Å². The van der Waals surface area contributed by atoms with Crippen molar-refractivity contribution in [1.82, 2.24) is 24.5 Å². The second-order valence-electron chi connectivity index (χ2n) is 9.93. The van der Waals surface area contributed by atoms with Crippen molar-refractivity contribution in [3.63, 3.8) is 0 Å². The number of pyridine rings is 1. The highest BCUT2D eigenvalue weighted by molar-refractivity contribution is 14.2. The van der Waals surface area contributed by atoms with Crippen LogP contribution in [0, 0.1) is 11.7 Å². The van der Waals surface area contributed by atoms with Gasteiger partial charge in [-0.3, -0.25) is 8.96 Å². The lowest BCUT2D eigenvalue weighted by atomic mass is 9.84. The molecule has 2 aromatic rings. The molecule has 12 heteroatoms. The maximum absolute atomic E-state index is 15.0. The smallest absolute Gasteiger partial charge is 0.317 e. The fourth-order valence-electron chi connectivity index (χ4n) is 5.20. The Labute approximate surface area is 258 Å². The van der Waals surface area contributed by atoms with Crippen LogP contribution in [0.25, 0.3) is 11.0 Å². The van der Waals surface area contributed by atoms with Crippen LogP contribution < -0.4 is 10.6 Å². The van der Waals surface area contributed by atoms with Gasteiger partial charge in [-0.25, -0.2) is 22.9 Å². The Kier molecular flexibility index (Phi) is 14.5. The van der Waals surface area contributed by atoms with E-state index in [0.717, 1.165) is 18.4 Å². The molecular formula is C29H42F3IN6OS. The van der Waals surface area contributed by atoms with Crippen LogP contribution in [0.1, 0.15) is 71.9 Å². The summed E-state index contributed by atoms with van der Waals surface area (Å²) in [5.74, 6) is -0.509.